The van der Waals surface area contributed by atoms with Crippen molar-refractivity contribution in [3.8, 4) is 17.1 Å². The van der Waals surface area contributed by atoms with E-state index < -0.39 is 0 Å². The molecule has 9 heteroatoms. The summed E-state index contributed by atoms with van der Waals surface area (Å²) in [6.45, 7) is 2.45. The Morgan fingerprint density at radius 1 is 0.967 bits per heavy atom. The molecule has 0 saturated heterocycles. The Labute approximate surface area is 170 Å². The van der Waals surface area contributed by atoms with Crippen LogP contribution < -0.4 is 4.74 Å². The van der Waals surface area contributed by atoms with E-state index in [4.69, 9.17) is 9.84 Å². The van der Waals surface area contributed by atoms with Crippen molar-refractivity contribution in [1.29, 1.82) is 0 Å². The van der Waals surface area contributed by atoms with Crippen LogP contribution in [0.15, 0.2) is 48.5 Å². The third kappa shape index (κ3) is 2.95. The van der Waals surface area contributed by atoms with Crippen molar-refractivity contribution < 1.29 is 9.13 Å². The van der Waals surface area contributed by atoms with Gasteiger partial charge in [0.25, 0.3) is 0 Å². The van der Waals surface area contributed by atoms with Crippen molar-refractivity contribution in [2.75, 3.05) is 7.11 Å². The zero-order chi connectivity index (χ0) is 20.7. The molecule has 5 aromatic rings. The Hall–Kier alpha value is -3.88. The van der Waals surface area contributed by atoms with E-state index in [-0.39, 0.29) is 5.82 Å². The molecule has 2 aromatic carbocycles. The molecule has 3 aromatic heterocycles. The van der Waals surface area contributed by atoms with Gasteiger partial charge in [-0.25, -0.2) is 9.07 Å². The maximum atomic E-state index is 13.3. The summed E-state index contributed by atoms with van der Waals surface area (Å²) in [5, 5.41) is 22.1. The summed E-state index contributed by atoms with van der Waals surface area (Å²) in [6.07, 6.45) is 0.682. The van der Waals surface area contributed by atoms with Gasteiger partial charge < -0.3 is 4.74 Å². The van der Waals surface area contributed by atoms with Gasteiger partial charge in [0.05, 0.1) is 19.3 Å². The number of methoxy groups -OCH3 is 1. The molecular formula is C21H18FN7O. The molecular weight excluding hydrogens is 385 g/mol. The fraction of sp³-hybridized carbons (Fsp3) is 0.190. The number of rotatable bonds is 5. The monoisotopic (exact) mass is 403 g/mol. The quantitative estimate of drug-likeness (QED) is 0.448. The second-order valence-corrected chi connectivity index (χ2v) is 6.86. The van der Waals surface area contributed by atoms with Gasteiger partial charge >= 0.3 is 0 Å². The van der Waals surface area contributed by atoms with E-state index in [0.29, 0.717) is 30.0 Å². The Bertz CT molecular complexity index is 1340. The van der Waals surface area contributed by atoms with Crippen LogP contribution >= 0.6 is 0 Å². The minimum absolute atomic E-state index is 0.274. The standard InChI is InChI=1S/C21H18FN7O/c1-3-17-18-19(28(27-23-18)12-13-4-8-15(22)9-5-13)21-25-24-20(29(21)26-17)14-6-10-16(30-2)11-7-14/h4-11H,3,12H2,1-2H3. The molecule has 0 saturated carbocycles. The highest BCUT2D eigenvalue weighted by atomic mass is 19.1. The first-order chi connectivity index (χ1) is 14.7. The van der Waals surface area contributed by atoms with E-state index in [1.54, 1.807) is 28.4 Å². The van der Waals surface area contributed by atoms with Gasteiger partial charge in [-0.1, -0.05) is 24.3 Å². The van der Waals surface area contributed by atoms with E-state index >= 15 is 0 Å². The smallest absolute Gasteiger partial charge is 0.205 e. The number of ether oxygens (including phenoxy) is 1. The minimum atomic E-state index is -0.274. The molecule has 0 aliphatic carbocycles. The number of benzene rings is 2. The first kappa shape index (κ1) is 18.2. The lowest BCUT2D eigenvalue weighted by Gasteiger charge is -2.06. The van der Waals surface area contributed by atoms with E-state index in [9.17, 15) is 4.39 Å². The summed E-state index contributed by atoms with van der Waals surface area (Å²) in [4.78, 5) is 0. The summed E-state index contributed by atoms with van der Waals surface area (Å²) < 4.78 is 22.0. The molecule has 0 unspecified atom stereocenters. The molecule has 150 valence electrons. The van der Waals surface area contributed by atoms with Crippen LogP contribution in [0.5, 0.6) is 5.75 Å². The summed E-state index contributed by atoms with van der Waals surface area (Å²) in [5.41, 5.74) is 4.60. The molecule has 0 amide bonds. The van der Waals surface area contributed by atoms with Crippen LogP contribution in [0.1, 0.15) is 18.2 Å². The summed E-state index contributed by atoms with van der Waals surface area (Å²) in [7, 11) is 1.63. The van der Waals surface area contributed by atoms with Crippen molar-refractivity contribution >= 4 is 16.7 Å². The van der Waals surface area contributed by atoms with Crippen LogP contribution in [0, 0.1) is 5.82 Å². The molecule has 0 bridgehead atoms. The predicted molar refractivity (Wildman–Crippen MR) is 109 cm³/mol. The lowest BCUT2D eigenvalue weighted by atomic mass is 10.2. The Morgan fingerprint density at radius 2 is 1.73 bits per heavy atom. The minimum Gasteiger partial charge on any atom is -0.497 e. The van der Waals surface area contributed by atoms with E-state index in [1.165, 1.54) is 12.1 Å². The molecule has 5 rings (SSSR count). The van der Waals surface area contributed by atoms with Crippen LogP contribution in [-0.2, 0) is 13.0 Å². The predicted octanol–water partition coefficient (Wildman–Crippen LogP) is 3.29. The van der Waals surface area contributed by atoms with Crippen LogP contribution in [0.4, 0.5) is 4.39 Å². The third-order valence-electron chi connectivity index (χ3n) is 5.01. The number of hydrogen-bond donors (Lipinski definition) is 0. The van der Waals surface area contributed by atoms with Crippen molar-refractivity contribution in [3.63, 3.8) is 0 Å². The third-order valence-corrected chi connectivity index (χ3v) is 5.01. The molecule has 0 atom stereocenters. The highest BCUT2D eigenvalue weighted by molar-refractivity contribution is 5.89. The summed E-state index contributed by atoms with van der Waals surface area (Å²) >= 11 is 0. The number of nitrogens with zero attached hydrogens (tertiary/aromatic N) is 7. The average molecular weight is 403 g/mol. The molecule has 0 aliphatic rings. The number of halogens is 1. The fourth-order valence-corrected chi connectivity index (χ4v) is 3.45. The Morgan fingerprint density at radius 3 is 2.43 bits per heavy atom. The van der Waals surface area contributed by atoms with Crippen molar-refractivity contribution in [2.24, 2.45) is 0 Å². The molecule has 0 radical (unpaired) electrons. The van der Waals surface area contributed by atoms with Gasteiger partial charge in [-0.15, -0.1) is 15.3 Å². The van der Waals surface area contributed by atoms with Gasteiger partial charge in [0, 0.05) is 5.56 Å². The van der Waals surface area contributed by atoms with Crippen molar-refractivity contribution in [1.82, 2.24) is 34.8 Å². The zero-order valence-electron chi connectivity index (χ0n) is 16.4. The van der Waals surface area contributed by atoms with Gasteiger partial charge in [0.15, 0.2) is 5.82 Å². The fourth-order valence-electron chi connectivity index (χ4n) is 3.45. The topological polar surface area (TPSA) is 83.0 Å². The molecule has 0 N–H and O–H groups in total. The first-order valence-electron chi connectivity index (χ1n) is 9.54. The molecule has 0 spiro atoms. The second kappa shape index (κ2) is 7.18. The number of aromatic nitrogens is 7. The van der Waals surface area contributed by atoms with Crippen molar-refractivity contribution in [2.45, 2.75) is 19.9 Å². The largest absolute Gasteiger partial charge is 0.497 e. The Kier molecular flexibility index (Phi) is 4.35. The zero-order valence-corrected chi connectivity index (χ0v) is 16.4. The van der Waals surface area contributed by atoms with E-state index in [1.807, 2.05) is 31.2 Å². The van der Waals surface area contributed by atoms with Gasteiger partial charge in [0.1, 0.15) is 22.6 Å². The van der Waals surface area contributed by atoms with Crippen LogP contribution in [0.2, 0.25) is 0 Å². The SMILES string of the molecule is CCc1nn2c(-c3ccc(OC)cc3)nnc2c2c1nnn2Cc1ccc(F)cc1. The summed E-state index contributed by atoms with van der Waals surface area (Å²) in [5.74, 6) is 1.11. The molecule has 0 fully saturated rings. The number of fused-ring (bicyclic) bond motifs is 3. The lowest BCUT2D eigenvalue weighted by molar-refractivity contribution is 0.415. The maximum Gasteiger partial charge on any atom is 0.205 e. The van der Waals surface area contributed by atoms with E-state index in [0.717, 1.165) is 28.1 Å². The van der Waals surface area contributed by atoms with Crippen LogP contribution in [0.3, 0.4) is 0 Å². The molecule has 3 heterocycles. The number of hydrogen-bond acceptors (Lipinski definition) is 6. The average Bonchev–Trinajstić information content (AvgIpc) is 3.39. The van der Waals surface area contributed by atoms with Gasteiger partial charge in [-0.3, -0.25) is 0 Å². The van der Waals surface area contributed by atoms with Gasteiger partial charge in [-0.2, -0.15) is 9.61 Å². The highest BCUT2D eigenvalue weighted by Crippen LogP contribution is 2.26. The lowest BCUT2D eigenvalue weighted by Crippen LogP contribution is -2.06. The van der Waals surface area contributed by atoms with Gasteiger partial charge in [-0.05, 0) is 48.4 Å². The van der Waals surface area contributed by atoms with Gasteiger partial charge in [0.2, 0.25) is 5.65 Å². The highest BCUT2D eigenvalue weighted by Gasteiger charge is 2.20. The van der Waals surface area contributed by atoms with E-state index in [2.05, 4.69) is 20.5 Å². The maximum absolute atomic E-state index is 13.3. The normalized spacial score (nSPS) is 11.4. The summed E-state index contributed by atoms with van der Waals surface area (Å²) in [6, 6.07) is 13.9. The van der Waals surface area contributed by atoms with Crippen molar-refractivity contribution in [3.05, 3.63) is 65.6 Å². The molecule has 30 heavy (non-hydrogen) atoms. The molecule has 8 nitrogen and oxygen atoms in total. The number of aryl methyl sites for hydroxylation is 1. The molecule has 0 aliphatic heterocycles. The van der Waals surface area contributed by atoms with Crippen LogP contribution in [-0.4, -0.2) is 41.9 Å². The first-order valence-corrected chi connectivity index (χ1v) is 9.54. The Balaban J connectivity index is 1.68. The van der Waals surface area contributed by atoms with Crippen LogP contribution in [0.25, 0.3) is 28.1 Å². The second-order valence-electron chi connectivity index (χ2n) is 6.86.